The second-order valence-corrected chi connectivity index (χ2v) is 14.1. The van der Waals surface area contributed by atoms with Gasteiger partial charge in [-0.15, -0.1) is 0 Å². The molecule has 0 saturated carbocycles. The predicted molar refractivity (Wildman–Crippen MR) is 264 cm³/mol. The van der Waals surface area contributed by atoms with Crippen LogP contribution in [0.2, 0.25) is 0 Å². The molecule has 1 aliphatic rings. The number of rotatable bonds is 6. The number of aromatic nitrogens is 3. The summed E-state index contributed by atoms with van der Waals surface area (Å²) in [7, 11) is 0. The van der Waals surface area contributed by atoms with E-state index in [1.54, 1.807) is 0 Å². The highest BCUT2D eigenvalue weighted by atomic mass is 15.2. The Labute approximate surface area is 364 Å². The van der Waals surface area contributed by atoms with E-state index >= 15 is 0 Å². The molecule has 10 aromatic rings. The first kappa shape index (κ1) is 41.2. The molecule has 0 amide bonds. The van der Waals surface area contributed by atoms with Gasteiger partial charge in [-0.1, -0.05) is 169 Å². The van der Waals surface area contributed by atoms with Gasteiger partial charge >= 0.3 is 0 Å². The van der Waals surface area contributed by atoms with E-state index in [-0.39, 0.29) is 6.17 Å². The fraction of sp³-hybridized carbons (Fsp3) is 0.125. The van der Waals surface area contributed by atoms with Gasteiger partial charge in [0.2, 0.25) is 0 Å². The molecule has 1 aliphatic heterocycles. The van der Waals surface area contributed by atoms with Gasteiger partial charge in [0.15, 0.2) is 5.84 Å². The van der Waals surface area contributed by atoms with Gasteiger partial charge in [0, 0.05) is 44.9 Å². The number of hydrogen-bond donors (Lipinski definition) is 1. The summed E-state index contributed by atoms with van der Waals surface area (Å²) < 4.78 is 4.67. The van der Waals surface area contributed by atoms with Crippen molar-refractivity contribution in [1.29, 1.82) is 0 Å². The number of amidine groups is 2. The molecule has 0 spiro atoms. The fourth-order valence-corrected chi connectivity index (χ4v) is 8.21. The Kier molecular flexibility index (Phi) is 12.5. The molecule has 4 heterocycles. The number of nitrogens with one attached hydrogen (secondary N) is 1. The first-order valence-corrected chi connectivity index (χ1v) is 21.9. The largest absolute Gasteiger partial charge is 0.344 e. The molecule has 62 heavy (non-hydrogen) atoms. The third-order valence-electron chi connectivity index (χ3n) is 10.8. The van der Waals surface area contributed by atoms with Crippen molar-refractivity contribution < 1.29 is 0 Å². The Morgan fingerprint density at radius 2 is 1.00 bits per heavy atom. The van der Waals surface area contributed by atoms with Gasteiger partial charge in [0.05, 0.1) is 27.6 Å². The van der Waals surface area contributed by atoms with Crippen LogP contribution in [0.4, 0.5) is 0 Å². The first-order valence-electron chi connectivity index (χ1n) is 21.9. The minimum Gasteiger partial charge on any atom is -0.344 e. The molecule has 1 N–H and O–H groups in total. The Hall–Kier alpha value is -7.57. The number of pyridine rings is 1. The van der Waals surface area contributed by atoms with Gasteiger partial charge in [-0.05, 0) is 77.4 Å². The van der Waals surface area contributed by atoms with E-state index in [0.717, 1.165) is 78.0 Å². The van der Waals surface area contributed by atoms with Gasteiger partial charge < -0.3 is 14.5 Å². The Balaban J connectivity index is 0.000000847. The molecular formula is C56H52N6. The summed E-state index contributed by atoms with van der Waals surface area (Å²) in [6, 6.07) is 66.1. The summed E-state index contributed by atoms with van der Waals surface area (Å²) in [4.78, 5) is 15.1. The highest BCUT2D eigenvalue weighted by Crippen LogP contribution is 2.38. The van der Waals surface area contributed by atoms with Crippen molar-refractivity contribution in [3.8, 4) is 22.5 Å². The first-order chi connectivity index (χ1) is 30.8. The van der Waals surface area contributed by atoms with E-state index in [2.05, 4.69) is 172 Å². The van der Waals surface area contributed by atoms with Crippen LogP contribution in [0.5, 0.6) is 0 Å². The van der Waals surface area contributed by atoms with Crippen molar-refractivity contribution >= 4 is 55.4 Å². The average Bonchev–Trinajstić information content (AvgIpc) is 3.89. The van der Waals surface area contributed by atoms with E-state index in [0.29, 0.717) is 5.84 Å². The lowest BCUT2D eigenvalue weighted by Crippen LogP contribution is -2.33. The maximum Gasteiger partial charge on any atom is 0.159 e. The SMILES string of the molecule is CC.CC.CC.c1ccc(C2=NC(c3cccc(-n4c5ccccc5c5ccc(-c6ccc7c(c6)c6ncccc6n7-c6ccccc6)cc54)c3)=NC(c3ccccc3)N2)cc1. The van der Waals surface area contributed by atoms with Crippen LogP contribution in [0.15, 0.2) is 204 Å². The van der Waals surface area contributed by atoms with Crippen LogP contribution in [0, 0.1) is 0 Å². The molecule has 6 heteroatoms. The summed E-state index contributed by atoms with van der Waals surface area (Å²) in [5, 5.41) is 7.11. The van der Waals surface area contributed by atoms with Crippen molar-refractivity contribution in [3.63, 3.8) is 0 Å². The standard InChI is InChI=1S/C50H34N6.3C2H6/c1-4-14-33(15-5-1)48-52-49(34-16-6-2-7-17-34)54-50(53-48)37-18-12-21-39(30-37)56-43-23-11-10-22-40(43)41-27-25-36(32-46(41)56)35-26-28-44-42(31-35)47-45(24-13-29-51-47)55(44)38-19-8-3-9-20-38;3*1-2/h1-32,48H,(H,52,53,54);3*1-2H3. The van der Waals surface area contributed by atoms with Gasteiger partial charge in [0.25, 0.3) is 0 Å². The van der Waals surface area contributed by atoms with E-state index in [4.69, 9.17) is 15.0 Å². The molecular weight excluding hydrogens is 757 g/mol. The smallest absolute Gasteiger partial charge is 0.159 e. The van der Waals surface area contributed by atoms with Crippen LogP contribution in [0.25, 0.3) is 66.2 Å². The minimum atomic E-state index is -0.271. The van der Waals surface area contributed by atoms with E-state index in [1.807, 2.05) is 78.1 Å². The van der Waals surface area contributed by atoms with Crippen molar-refractivity contribution in [2.75, 3.05) is 0 Å². The van der Waals surface area contributed by atoms with Crippen LogP contribution in [0.1, 0.15) is 64.4 Å². The van der Waals surface area contributed by atoms with Gasteiger partial charge in [-0.3, -0.25) is 4.98 Å². The topological polar surface area (TPSA) is 59.5 Å². The lowest BCUT2D eigenvalue weighted by Gasteiger charge is -2.23. The number of benzene rings is 7. The van der Waals surface area contributed by atoms with Crippen LogP contribution < -0.4 is 5.32 Å². The Morgan fingerprint density at radius 1 is 0.419 bits per heavy atom. The average molecular weight is 809 g/mol. The van der Waals surface area contributed by atoms with Crippen molar-refractivity contribution in [1.82, 2.24) is 19.4 Å². The molecule has 306 valence electrons. The predicted octanol–water partition coefficient (Wildman–Crippen LogP) is 14.5. The third kappa shape index (κ3) is 7.67. The molecule has 0 aliphatic carbocycles. The Bertz CT molecular complexity index is 3160. The molecule has 11 rings (SSSR count). The molecule has 0 fully saturated rings. The third-order valence-corrected chi connectivity index (χ3v) is 10.8. The lowest BCUT2D eigenvalue weighted by atomic mass is 10.0. The van der Waals surface area contributed by atoms with Crippen molar-refractivity contribution in [3.05, 3.63) is 211 Å². The molecule has 0 radical (unpaired) electrons. The number of aliphatic imine (C=N–C) groups is 2. The van der Waals surface area contributed by atoms with Gasteiger partial charge in [0.1, 0.15) is 12.0 Å². The number of hydrogen-bond acceptors (Lipinski definition) is 4. The van der Waals surface area contributed by atoms with Crippen LogP contribution in [-0.2, 0) is 0 Å². The second-order valence-electron chi connectivity index (χ2n) is 14.1. The number of nitrogens with zero attached hydrogens (tertiary/aromatic N) is 5. The highest BCUT2D eigenvalue weighted by molar-refractivity contribution is 6.14. The van der Waals surface area contributed by atoms with Crippen molar-refractivity contribution in [2.24, 2.45) is 9.98 Å². The van der Waals surface area contributed by atoms with E-state index in [9.17, 15) is 0 Å². The maximum atomic E-state index is 5.17. The molecule has 1 unspecified atom stereocenters. The van der Waals surface area contributed by atoms with Gasteiger partial charge in [-0.2, -0.15) is 0 Å². The Morgan fingerprint density at radius 3 is 1.77 bits per heavy atom. The fourth-order valence-electron chi connectivity index (χ4n) is 8.21. The maximum absolute atomic E-state index is 5.17. The quantitative estimate of drug-likeness (QED) is 0.182. The summed E-state index contributed by atoms with van der Waals surface area (Å²) in [5.41, 5.74) is 13.0. The lowest BCUT2D eigenvalue weighted by molar-refractivity contribution is 0.674. The molecule has 6 nitrogen and oxygen atoms in total. The molecule has 3 aromatic heterocycles. The zero-order valence-corrected chi connectivity index (χ0v) is 36.3. The highest BCUT2D eigenvalue weighted by Gasteiger charge is 2.22. The zero-order chi connectivity index (χ0) is 43.0. The second kappa shape index (κ2) is 18.8. The van der Waals surface area contributed by atoms with Crippen LogP contribution >= 0.6 is 0 Å². The molecule has 1 atom stereocenters. The van der Waals surface area contributed by atoms with Crippen LogP contribution in [-0.4, -0.2) is 25.8 Å². The summed E-state index contributed by atoms with van der Waals surface area (Å²) >= 11 is 0. The van der Waals surface area contributed by atoms with Gasteiger partial charge in [-0.25, -0.2) is 9.98 Å². The number of para-hydroxylation sites is 2. The van der Waals surface area contributed by atoms with Crippen LogP contribution in [0.3, 0.4) is 0 Å². The molecule has 7 aromatic carbocycles. The van der Waals surface area contributed by atoms with Crippen molar-refractivity contribution in [2.45, 2.75) is 47.7 Å². The van der Waals surface area contributed by atoms with E-state index in [1.165, 1.54) is 10.8 Å². The summed E-state index contributed by atoms with van der Waals surface area (Å²) in [6.45, 7) is 12.0. The minimum absolute atomic E-state index is 0.271. The monoisotopic (exact) mass is 808 g/mol. The molecule has 0 saturated heterocycles. The van der Waals surface area contributed by atoms with E-state index < -0.39 is 0 Å². The normalized spacial score (nSPS) is 13.2. The molecule has 0 bridgehead atoms. The number of fused-ring (bicyclic) bond motifs is 6. The summed E-state index contributed by atoms with van der Waals surface area (Å²) in [5.74, 6) is 1.49. The summed E-state index contributed by atoms with van der Waals surface area (Å²) in [6.07, 6.45) is 1.61. The zero-order valence-electron chi connectivity index (χ0n) is 36.3.